The summed E-state index contributed by atoms with van der Waals surface area (Å²) in [6, 6.07) is 5.52. The number of nitrogens with one attached hydrogen (secondary N) is 1. The van der Waals surface area contributed by atoms with Gasteiger partial charge in [-0.15, -0.1) is 0 Å². The van der Waals surface area contributed by atoms with Gasteiger partial charge in [0.2, 0.25) is 0 Å². The van der Waals surface area contributed by atoms with Gasteiger partial charge in [-0.25, -0.2) is 4.39 Å². The van der Waals surface area contributed by atoms with E-state index in [0.717, 1.165) is 12.1 Å². The number of aryl methyl sites for hydroxylation is 2. The van der Waals surface area contributed by atoms with Crippen molar-refractivity contribution in [1.82, 2.24) is 9.88 Å². The van der Waals surface area contributed by atoms with Crippen LogP contribution >= 0.6 is 0 Å². The van der Waals surface area contributed by atoms with Crippen molar-refractivity contribution in [1.29, 1.82) is 0 Å². The Morgan fingerprint density at radius 2 is 2.20 bits per heavy atom. The predicted octanol–water partition coefficient (Wildman–Crippen LogP) is 3.58. The lowest BCUT2D eigenvalue weighted by molar-refractivity contribution is 0.498. The first-order valence-corrected chi connectivity index (χ1v) is 7.28. The third kappa shape index (κ3) is 2.50. The zero-order valence-electron chi connectivity index (χ0n) is 12.1. The minimum atomic E-state index is -0.159. The van der Waals surface area contributed by atoms with E-state index >= 15 is 0 Å². The summed E-state index contributed by atoms with van der Waals surface area (Å²) in [5.41, 5.74) is 5.08. The molecule has 0 spiro atoms. The summed E-state index contributed by atoms with van der Waals surface area (Å²) in [7, 11) is 2.03. The third-order valence-electron chi connectivity index (χ3n) is 4.32. The lowest BCUT2D eigenvalue weighted by Crippen LogP contribution is -2.20. The maximum absolute atomic E-state index is 13.2. The third-order valence-corrected chi connectivity index (χ3v) is 4.32. The maximum atomic E-state index is 13.2. The van der Waals surface area contributed by atoms with Gasteiger partial charge < -0.3 is 9.88 Å². The molecule has 1 atom stereocenters. The monoisotopic (exact) mass is 272 g/mol. The van der Waals surface area contributed by atoms with E-state index in [1.54, 1.807) is 12.1 Å². The van der Waals surface area contributed by atoms with Gasteiger partial charge in [0.25, 0.3) is 0 Å². The van der Waals surface area contributed by atoms with Gasteiger partial charge in [0, 0.05) is 25.0 Å². The topological polar surface area (TPSA) is 17.0 Å². The van der Waals surface area contributed by atoms with Crippen LogP contribution in [0.4, 0.5) is 4.39 Å². The van der Waals surface area contributed by atoms with E-state index in [9.17, 15) is 4.39 Å². The first-order valence-electron chi connectivity index (χ1n) is 7.28. The van der Waals surface area contributed by atoms with E-state index < -0.39 is 0 Å². The van der Waals surface area contributed by atoms with Gasteiger partial charge in [-0.3, -0.25) is 0 Å². The maximum Gasteiger partial charge on any atom is 0.123 e. The van der Waals surface area contributed by atoms with Crippen LogP contribution in [0.25, 0.3) is 0 Å². The van der Waals surface area contributed by atoms with Crippen molar-refractivity contribution in [2.45, 2.75) is 38.8 Å². The zero-order valence-corrected chi connectivity index (χ0v) is 12.1. The molecular formula is C17H21FN2. The normalized spacial score (nSPS) is 18.1. The Morgan fingerprint density at radius 3 is 2.95 bits per heavy atom. The van der Waals surface area contributed by atoms with Crippen LogP contribution in [0.2, 0.25) is 0 Å². The second-order valence-corrected chi connectivity index (χ2v) is 5.72. The summed E-state index contributed by atoms with van der Waals surface area (Å²) in [6.07, 6.45) is 8.13. The fourth-order valence-electron chi connectivity index (χ4n) is 3.17. The van der Waals surface area contributed by atoms with Crippen LogP contribution in [0.15, 0.2) is 30.6 Å². The highest BCUT2D eigenvalue weighted by atomic mass is 19.1. The molecule has 1 heterocycles. The van der Waals surface area contributed by atoms with E-state index in [4.69, 9.17) is 0 Å². The van der Waals surface area contributed by atoms with Gasteiger partial charge in [0.15, 0.2) is 0 Å². The quantitative estimate of drug-likeness (QED) is 0.903. The van der Waals surface area contributed by atoms with Crippen molar-refractivity contribution in [3.8, 4) is 0 Å². The predicted molar refractivity (Wildman–Crippen MR) is 79.4 cm³/mol. The Bertz CT molecular complexity index is 615. The van der Waals surface area contributed by atoms with E-state index in [-0.39, 0.29) is 5.82 Å². The van der Waals surface area contributed by atoms with Gasteiger partial charge in [0.1, 0.15) is 5.82 Å². The minimum absolute atomic E-state index is 0.159. The van der Waals surface area contributed by atoms with E-state index in [1.165, 1.54) is 36.0 Å². The number of benzene rings is 1. The molecule has 1 aliphatic rings. The summed E-state index contributed by atoms with van der Waals surface area (Å²) in [6.45, 7) is 2.79. The Balaban J connectivity index is 1.87. The van der Waals surface area contributed by atoms with Gasteiger partial charge in [-0.1, -0.05) is 6.07 Å². The van der Waals surface area contributed by atoms with Crippen molar-refractivity contribution in [3.05, 3.63) is 58.7 Å². The number of halogens is 1. The lowest BCUT2D eigenvalue weighted by atomic mass is 9.91. The average molecular weight is 272 g/mol. The molecule has 1 aromatic heterocycles. The molecule has 0 amide bonds. The molecule has 2 aromatic rings. The van der Waals surface area contributed by atoms with E-state index in [2.05, 4.69) is 22.3 Å². The molecule has 1 aliphatic carbocycles. The van der Waals surface area contributed by atoms with E-state index in [1.807, 2.05) is 20.0 Å². The molecule has 0 saturated heterocycles. The van der Waals surface area contributed by atoms with Crippen LogP contribution in [0.5, 0.6) is 0 Å². The lowest BCUT2D eigenvalue weighted by Gasteiger charge is -2.21. The van der Waals surface area contributed by atoms with Crippen LogP contribution in [0.3, 0.4) is 0 Å². The van der Waals surface area contributed by atoms with Crippen molar-refractivity contribution in [3.63, 3.8) is 0 Å². The first-order chi connectivity index (χ1) is 9.67. The van der Waals surface area contributed by atoms with Crippen LogP contribution in [-0.2, 0) is 13.0 Å². The number of hydrogen-bond acceptors (Lipinski definition) is 1. The molecule has 3 rings (SSSR count). The molecule has 0 aliphatic heterocycles. The van der Waals surface area contributed by atoms with Gasteiger partial charge in [-0.2, -0.15) is 0 Å². The number of aromatic nitrogens is 1. The molecule has 0 fully saturated rings. The van der Waals surface area contributed by atoms with Crippen LogP contribution < -0.4 is 5.32 Å². The largest absolute Gasteiger partial charge is 0.349 e. The van der Waals surface area contributed by atoms with Gasteiger partial charge in [-0.05, 0) is 67.6 Å². The van der Waals surface area contributed by atoms with Gasteiger partial charge in [0.05, 0.1) is 0 Å². The fraction of sp³-hybridized carbons (Fsp3) is 0.412. The minimum Gasteiger partial charge on any atom is -0.349 e. The fourth-order valence-corrected chi connectivity index (χ4v) is 3.17. The number of rotatable bonds is 3. The molecule has 0 radical (unpaired) electrons. The summed E-state index contributed by atoms with van der Waals surface area (Å²) in [4.78, 5) is 0. The molecular weight excluding hydrogens is 251 g/mol. The van der Waals surface area contributed by atoms with E-state index in [0.29, 0.717) is 6.04 Å². The molecule has 3 heteroatoms. The number of hydrogen-bond donors (Lipinski definition) is 1. The molecule has 1 N–H and O–H groups in total. The highest BCUT2D eigenvalue weighted by molar-refractivity contribution is 5.32. The Morgan fingerprint density at radius 1 is 1.35 bits per heavy atom. The molecule has 2 nitrogen and oxygen atoms in total. The molecule has 20 heavy (non-hydrogen) atoms. The summed E-state index contributed by atoms with van der Waals surface area (Å²) in [5.74, 6) is -0.159. The summed E-state index contributed by atoms with van der Waals surface area (Å²) < 4.78 is 15.4. The Kier molecular flexibility index (Phi) is 3.62. The van der Waals surface area contributed by atoms with Crippen molar-refractivity contribution in [2.24, 2.45) is 0 Å². The first kappa shape index (κ1) is 13.4. The average Bonchev–Trinajstić information content (AvgIpc) is 2.84. The molecule has 0 saturated carbocycles. The standard InChI is InChI=1S/C17H21FN2/c1-12-8-15(18)7-6-13(12)9-20-10-14-4-3-5-17(19-2)16(14)11-20/h6-8,10-11,17,19H,3-5,9H2,1-2H3. The smallest absolute Gasteiger partial charge is 0.123 e. The van der Waals surface area contributed by atoms with Crippen LogP contribution in [0, 0.1) is 12.7 Å². The van der Waals surface area contributed by atoms with Crippen LogP contribution in [-0.4, -0.2) is 11.6 Å². The molecule has 1 unspecified atom stereocenters. The Hall–Kier alpha value is -1.61. The second kappa shape index (κ2) is 5.41. The summed E-state index contributed by atoms with van der Waals surface area (Å²) in [5, 5.41) is 3.39. The number of nitrogens with zero attached hydrogens (tertiary/aromatic N) is 1. The van der Waals surface area contributed by atoms with Crippen LogP contribution in [0.1, 0.15) is 41.1 Å². The van der Waals surface area contributed by atoms with Crippen molar-refractivity contribution in [2.75, 3.05) is 7.05 Å². The highest BCUT2D eigenvalue weighted by Gasteiger charge is 2.20. The Labute approximate surface area is 119 Å². The van der Waals surface area contributed by atoms with Gasteiger partial charge >= 0.3 is 0 Å². The van der Waals surface area contributed by atoms with Crippen molar-refractivity contribution >= 4 is 0 Å². The SMILES string of the molecule is CNC1CCCc2cn(Cc3ccc(F)cc3C)cc21. The molecule has 106 valence electrons. The second-order valence-electron chi connectivity index (χ2n) is 5.72. The molecule has 0 bridgehead atoms. The summed E-state index contributed by atoms with van der Waals surface area (Å²) >= 11 is 0. The van der Waals surface area contributed by atoms with Crippen molar-refractivity contribution < 1.29 is 4.39 Å². The molecule has 1 aromatic carbocycles. The highest BCUT2D eigenvalue weighted by Crippen LogP contribution is 2.30. The number of fused-ring (bicyclic) bond motifs is 1. The zero-order chi connectivity index (χ0) is 14.1.